The van der Waals surface area contributed by atoms with Gasteiger partial charge in [-0.05, 0) is 13.0 Å². The third-order valence-electron chi connectivity index (χ3n) is 3.09. The summed E-state index contributed by atoms with van der Waals surface area (Å²) in [6, 6.07) is 3.10. The normalized spacial score (nSPS) is 23.8. The van der Waals surface area contributed by atoms with E-state index in [1.807, 2.05) is 0 Å². The fraction of sp³-hybridized carbons (Fsp3) is 0.385. The van der Waals surface area contributed by atoms with Crippen molar-refractivity contribution in [3.63, 3.8) is 0 Å². The summed E-state index contributed by atoms with van der Waals surface area (Å²) < 4.78 is 31.6. The Morgan fingerprint density at radius 2 is 2.15 bits per heavy atom. The van der Waals surface area contributed by atoms with E-state index in [1.165, 1.54) is 13.0 Å². The lowest BCUT2D eigenvalue weighted by Gasteiger charge is -2.22. The molecule has 1 aromatic rings. The van der Waals surface area contributed by atoms with Gasteiger partial charge in [-0.25, -0.2) is 8.78 Å². The predicted molar refractivity (Wildman–Crippen MR) is 69.2 cm³/mol. The van der Waals surface area contributed by atoms with Crippen LogP contribution in [0.3, 0.4) is 0 Å². The molecule has 0 radical (unpaired) electrons. The van der Waals surface area contributed by atoms with Crippen LogP contribution in [-0.4, -0.2) is 32.1 Å². The number of carbonyl (C=O) groups excluding carboxylic acids is 1. The average Bonchev–Trinajstić information content (AvgIpc) is 2.66. The highest BCUT2D eigenvalue weighted by Crippen LogP contribution is 2.27. The second kappa shape index (κ2) is 5.54. The molecular weight excluding hydrogens is 268 g/mol. The molecule has 1 unspecified atom stereocenters. The third-order valence-corrected chi connectivity index (χ3v) is 3.09. The zero-order valence-corrected chi connectivity index (χ0v) is 11.2. The maximum atomic E-state index is 13.8. The standard InChI is InChI=1S/C13H15F2N3O2/c1-13(9-4-3-8(14)7-10(9)15)11(19)17-12(18-13)16-5-6-20-2/h3-4,7H,5-6H2,1-2H3,(H2,16,17,18,19). The van der Waals surface area contributed by atoms with E-state index in [4.69, 9.17) is 4.74 Å². The Balaban J connectivity index is 2.26. The topological polar surface area (TPSA) is 62.7 Å². The van der Waals surface area contributed by atoms with E-state index >= 15 is 0 Å². The molecule has 0 spiro atoms. The van der Waals surface area contributed by atoms with Crippen LogP contribution < -0.4 is 10.6 Å². The number of amides is 1. The van der Waals surface area contributed by atoms with Gasteiger partial charge in [0.2, 0.25) is 0 Å². The summed E-state index contributed by atoms with van der Waals surface area (Å²) in [7, 11) is 1.54. The number of aliphatic imine (C=N–C) groups is 1. The van der Waals surface area contributed by atoms with Crippen molar-refractivity contribution in [2.75, 3.05) is 20.3 Å². The van der Waals surface area contributed by atoms with Gasteiger partial charge in [0.05, 0.1) is 13.2 Å². The smallest absolute Gasteiger partial charge is 0.256 e. The van der Waals surface area contributed by atoms with Crippen LogP contribution in [0.15, 0.2) is 23.2 Å². The van der Waals surface area contributed by atoms with Gasteiger partial charge in [-0.1, -0.05) is 6.07 Å². The number of halogens is 2. The Kier molecular flexibility index (Phi) is 3.99. The number of carbonyl (C=O) groups is 1. The molecule has 1 amide bonds. The highest BCUT2D eigenvalue weighted by Gasteiger charge is 2.44. The van der Waals surface area contributed by atoms with Gasteiger partial charge in [0.15, 0.2) is 5.96 Å². The minimum Gasteiger partial charge on any atom is -0.383 e. The number of nitrogens with zero attached hydrogens (tertiary/aromatic N) is 1. The lowest BCUT2D eigenvalue weighted by atomic mass is 9.92. The molecule has 1 aromatic carbocycles. The summed E-state index contributed by atoms with van der Waals surface area (Å²) in [6.45, 7) is 2.28. The third kappa shape index (κ3) is 2.62. The first-order valence-electron chi connectivity index (χ1n) is 6.06. The maximum Gasteiger partial charge on any atom is 0.256 e. The molecule has 20 heavy (non-hydrogen) atoms. The quantitative estimate of drug-likeness (QED) is 0.807. The number of hydrogen-bond acceptors (Lipinski definition) is 3. The van der Waals surface area contributed by atoms with Crippen LogP contribution in [0.4, 0.5) is 8.78 Å². The molecule has 2 N–H and O–H groups in total. The van der Waals surface area contributed by atoms with Crippen molar-refractivity contribution in [3.8, 4) is 0 Å². The van der Waals surface area contributed by atoms with Crippen LogP contribution in [0.2, 0.25) is 0 Å². The maximum absolute atomic E-state index is 13.8. The van der Waals surface area contributed by atoms with Gasteiger partial charge >= 0.3 is 0 Å². The van der Waals surface area contributed by atoms with Gasteiger partial charge in [0.25, 0.3) is 5.91 Å². The zero-order valence-electron chi connectivity index (χ0n) is 11.2. The summed E-state index contributed by atoms with van der Waals surface area (Å²) in [5.74, 6) is -1.67. The fourth-order valence-electron chi connectivity index (χ4n) is 1.97. The molecule has 1 fully saturated rings. The lowest BCUT2D eigenvalue weighted by Crippen LogP contribution is -2.41. The summed E-state index contributed by atoms with van der Waals surface area (Å²) in [5, 5.41) is 5.35. The first kappa shape index (κ1) is 14.4. The monoisotopic (exact) mass is 283 g/mol. The molecule has 5 nitrogen and oxygen atoms in total. The summed E-state index contributed by atoms with van der Waals surface area (Å²) in [4.78, 5) is 16.1. The molecule has 1 atom stereocenters. The van der Waals surface area contributed by atoms with Gasteiger partial charge in [0, 0.05) is 18.7 Å². The molecular formula is C13H15F2N3O2. The van der Waals surface area contributed by atoms with Gasteiger partial charge in [0.1, 0.15) is 17.2 Å². The molecule has 0 bridgehead atoms. The number of methoxy groups -OCH3 is 1. The molecule has 1 aliphatic rings. The second-order valence-electron chi connectivity index (χ2n) is 4.55. The molecule has 108 valence electrons. The van der Waals surface area contributed by atoms with Crippen molar-refractivity contribution in [2.24, 2.45) is 4.99 Å². The molecule has 1 aliphatic heterocycles. The first-order valence-corrected chi connectivity index (χ1v) is 6.06. The molecule has 0 saturated carbocycles. The Hall–Kier alpha value is -2.02. The van der Waals surface area contributed by atoms with Crippen LogP contribution in [-0.2, 0) is 15.1 Å². The highest BCUT2D eigenvalue weighted by atomic mass is 19.1. The fourth-order valence-corrected chi connectivity index (χ4v) is 1.97. The minimum atomic E-state index is -1.32. The van der Waals surface area contributed by atoms with Crippen LogP contribution in [0.25, 0.3) is 0 Å². The Morgan fingerprint density at radius 1 is 1.40 bits per heavy atom. The van der Waals surface area contributed by atoms with E-state index in [2.05, 4.69) is 15.6 Å². The van der Waals surface area contributed by atoms with Crippen molar-refractivity contribution < 1.29 is 18.3 Å². The highest BCUT2D eigenvalue weighted by molar-refractivity contribution is 6.09. The molecule has 1 heterocycles. The summed E-state index contributed by atoms with van der Waals surface area (Å²) in [5.41, 5.74) is -1.25. The predicted octanol–water partition coefficient (Wildman–Crippen LogP) is 0.902. The number of ether oxygens (including phenoxy) is 1. The van der Waals surface area contributed by atoms with E-state index in [0.29, 0.717) is 13.2 Å². The molecule has 2 rings (SSSR count). The Labute approximate surface area is 115 Å². The summed E-state index contributed by atoms with van der Waals surface area (Å²) >= 11 is 0. The number of rotatable bonds is 4. The van der Waals surface area contributed by atoms with Crippen LogP contribution in [0.1, 0.15) is 12.5 Å². The Bertz CT molecular complexity index is 563. The van der Waals surface area contributed by atoms with Crippen molar-refractivity contribution >= 4 is 11.9 Å². The van der Waals surface area contributed by atoms with Crippen molar-refractivity contribution in [3.05, 3.63) is 35.4 Å². The van der Waals surface area contributed by atoms with Crippen LogP contribution in [0.5, 0.6) is 0 Å². The molecule has 1 saturated heterocycles. The van der Waals surface area contributed by atoms with Gasteiger partial charge in [-0.15, -0.1) is 0 Å². The zero-order chi connectivity index (χ0) is 14.8. The number of guanidine groups is 1. The summed E-state index contributed by atoms with van der Waals surface area (Å²) in [6.07, 6.45) is 0. The lowest BCUT2D eigenvalue weighted by molar-refractivity contribution is -0.123. The SMILES string of the molecule is COCCN=C1NC(=O)C(C)(c2ccc(F)cc2F)N1. The second-order valence-corrected chi connectivity index (χ2v) is 4.55. The van der Waals surface area contributed by atoms with Gasteiger partial charge in [-0.3, -0.25) is 15.1 Å². The molecule has 0 aromatic heterocycles. The van der Waals surface area contributed by atoms with Crippen molar-refractivity contribution in [1.82, 2.24) is 10.6 Å². The van der Waals surface area contributed by atoms with Crippen molar-refractivity contribution in [1.29, 1.82) is 0 Å². The van der Waals surface area contributed by atoms with E-state index in [9.17, 15) is 13.6 Å². The average molecular weight is 283 g/mol. The van der Waals surface area contributed by atoms with Crippen molar-refractivity contribution in [2.45, 2.75) is 12.5 Å². The van der Waals surface area contributed by atoms with Crippen LogP contribution >= 0.6 is 0 Å². The largest absolute Gasteiger partial charge is 0.383 e. The molecule has 0 aliphatic carbocycles. The van der Waals surface area contributed by atoms with E-state index < -0.39 is 23.1 Å². The molecule has 7 heteroatoms. The first-order chi connectivity index (χ1) is 9.47. The number of nitrogens with one attached hydrogen (secondary N) is 2. The Morgan fingerprint density at radius 3 is 2.80 bits per heavy atom. The van der Waals surface area contributed by atoms with E-state index in [-0.39, 0.29) is 11.5 Å². The van der Waals surface area contributed by atoms with Gasteiger partial charge in [-0.2, -0.15) is 0 Å². The van der Waals surface area contributed by atoms with E-state index in [1.54, 1.807) is 7.11 Å². The van der Waals surface area contributed by atoms with Gasteiger partial charge < -0.3 is 10.1 Å². The number of hydrogen-bond donors (Lipinski definition) is 2. The number of benzene rings is 1. The van der Waals surface area contributed by atoms with E-state index in [0.717, 1.165) is 12.1 Å². The van der Waals surface area contributed by atoms with Crippen LogP contribution in [0, 0.1) is 11.6 Å². The minimum absolute atomic E-state index is 0.0633.